The molecule has 7 heteroatoms. The van der Waals surface area contributed by atoms with Crippen molar-refractivity contribution in [2.75, 3.05) is 6.54 Å². The quantitative estimate of drug-likeness (QED) is 0.599. The van der Waals surface area contributed by atoms with E-state index in [-0.39, 0.29) is 30.5 Å². The Bertz CT molecular complexity index is 471. The van der Waals surface area contributed by atoms with Crippen LogP contribution in [-0.4, -0.2) is 18.6 Å². The predicted molar refractivity (Wildman–Crippen MR) is 94.4 cm³/mol. The van der Waals surface area contributed by atoms with Gasteiger partial charge in [0, 0.05) is 16.8 Å². The normalized spacial score (nSPS) is 23.9. The van der Waals surface area contributed by atoms with Crippen molar-refractivity contribution in [2.45, 2.75) is 38.4 Å². The predicted octanol–water partition coefficient (Wildman–Crippen LogP) is 2.23. The van der Waals surface area contributed by atoms with Crippen LogP contribution in [0.25, 0.3) is 0 Å². The van der Waals surface area contributed by atoms with Gasteiger partial charge in [-0.2, -0.15) is 0 Å². The van der Waals surface area contributed by atoms with Gasteiger partial charge in [0.05, 0.1) is 12.2 Å². The first kappa shape index (κ1) is 19.4. The fourth-order valence-electron chi connectivity index (χ4n) is 2.71. The van der Waals surface area contributed by atoms with Crippen molar-refractivity contribution in [1.29, 1.82) is 0 Å². The van der Waals surface area contributed by atoms with E-state index in [0.717, 1.165) is 17.3 Å². The lowest BCUT2D eigenvalue weighted by Gasteiger charge is -2.22. The summed E-state index contributed by atoms with van der Waals surface area (Å²) in [6.07, 6.45) is 2.13. The van der Waals surface area contributed by atoms with E-state index in [9.17, 15) is 4.79 Å². The van der Waals surface area contributed by atoms with E-state index in [1.807, 2.05) is 12.1 Å². The van der Waals surface area contributed by atoms with Crippen molar-refractivity contribution >= 4 is 34.2 Å². The number of nitrogens with two attached hydrogens (primary N) is 1. The number of halogens is 2. The average molecular weight is 392 g/mol. The highest BCUT2D eigenvalue weighted by Gasteiger charge is 2.36. The average Bonchev–Trinajstić information content (AvgIpc) is 2.88. The summed E-state index contributed by atoms with van der Waals surface area (Å²) < 4.78 is 1.07. The first-order chi connectivity index (χ1) is 10.2. The Balaban J connectivity index is 0.00000242. The molecule has 1 saturated heterocycles. The Morgan fingerprint density at radius 2 is 2.00 bits per heavy atom. The minimum atomic E-state index is -0.0473. The van der Waals surface area contributed by atoms with E-state index in [1.165, 1.54) is 5.56 Å². The lowest BCUT2D eigenvalue weighted by molar-refractivity contribution is -0.122. The zero-order chi connectivity index (χ0) is 15.2. The second kappa shape index (κ2) is 9.47. The van der Waals surface area contributed by atoms with E-state index in [2.05, 4.69) is 51.2 Å². The molecule has 1 amide bonds. The molecule has 1 fully saturated rings. The smallest absolute Gasteiger partial charge is 0.221 e. The molecule has 1 aromatic rings. The molecule has 5 nitrogen and oxygen atoms in total. The molecule has 5 N–H and O–H groups in total. The molecule has 1 aliphatic heterocycles. The van der Waals surface area contributed by atoms with Gasteiger partial charge in [-0.15, -0.1) is 12.4 Å². The largest absolute Gasteiger partial charge is 0.339 e. The van der Waals surface area contributed by atoms with Gasteiger partial charge in [-0.1, -0.05) is 35.0 Å². The molecule has 2 rings (SSSR count). The van der Waals surface area contributed by atoms with Crippen LogP contribution in [0.1, 0.15) is 37.8 Å². The van der Waals surface area contributed by atoms with Crippen molar-refractivity contribution in [1.82, 2.24) is 16.2 Å². The third-order valence-corrected chi connectivity index (χ3v) is 4.40. The molecule has 0 aliphatic carbocycles. The molecule has 1 aromatic carbocycles. The van der Waals surface area contributed by atoms with E-state index >= 15 is 0 Å². The van der Waals surface area contributed by atoms with Gasteiger partial charge in [0.1, 0.15) is 0 Å². The Hall–Kier alpha value is -0.660. The SMILES string of the molecule is CCC1C(NC(=O)CCCN)NNC1c1ccc(Br)cc1.Cl. The van der Waals surface area contributed by atoms with Gasteiger partial charge >= 0.3 is 0 Å². The minimum Gasteiger partial charge on any atom is -0.339 e. The first-order valence-corrected chi connectivity index (χ1v) is 8.21. The van der Waals surface area contributed by atoms with Gasteiger partial charge in [-0.05, 0) is 37.1 Å². The molecule has 3 unspecified atom stereocenters. The van der Waals surface area contributed by atoms with Gasteiger partial charge in [-0.3, -0.25) is 4.79 Å². The van der Waals surface area contributed by atoms with Gasteiger partial charge in [0.25, 0.3) is 0 Å². The highest BCUT2D eigenvalue weighted by molar-refractivity contribution is 9.10. The highest BCUT2D eigenvalue weighted by atomic mass is 79.9. The summed E-state index contributed by atoms with van der Waals surface area (Å²) in [5, 5.41) is 3.05. The lowest BCUT2D eigenvalue weighted by atomic mass is 9.90. The van der Waals surface area contributed by atoms with Gasteiger partial charge in [-0.25, -0.2) is 10.9 Å². The van der Waals surface area contributed by atoms with E-state index in [1.54, 1.807) is 0 Å². The molecule has 22 heavy (non-hydrogen) atoms. The van der Waals surface area contributed by atoms with Crippen molar-refractivity contribution < 1.29 is 4.79 Å². The topological polar surface area (TPSA) is 79.2 Å². The fraction of sp³-hybridized carbons (Fsp3) is 0.533. The summed E-state index contributed by atoms with van der Waals surface area (Å²) in [5.41, 5.74) is 13.2. The third-order valence-electron chi connectivity index (χ3n) is 3.88. The zero-order valence-electron chi connectivity index (χ0n) is 12.6. The number of rotatable bonds is 6. The molecule has 1 aliphatic rings. The van der Waals surface area contributed by atoms with Crippen molar-refractivity contribution in [3.63, 3.8) is 0 Å². The number of nitrogens with one attached hydrogen (secondary N) is 3. The maximum absolute atomic E-state index is 11.9. The standard InChI is InChI=1S/C15H23BrN4O.ClH/c1-2-12-14(10-5-7-11(16)8-6-10)19-20-15(12)18-13(21)4-3-9-17;/h5-8,12,14-15,19-20H,2-4,9,17H2,1H3,(H,18,21);1H. The minimum absolute atomic E-state index is 0. The molecule has 124 valence electrons. The van der Waals surface area contributed by atoms with E-state index in [4.69, 9.17) is 5.73 Å². The second-order valence-corrected chi connectivity index (χ2v) is 6.24. The number of hydrogen-bond donors (Lipinski definition) is 4. The van der Waals surface area contributed by atoms with Crippen LogP contribution >= 0.6 is 28.3 Å². The lowest BCUT2D eigenvalue weighted by Crippen LogP contribution is -2.46. The molecule has 0 radical (unpaired) electrons. The fourth-order valence-corrected chi connectivity index (χ4v) is 2.97. The van der Waals surface area contributed by atoms with Crippen LogP contribution in [-0.2, 0) is 4.79 Å². The number of hydrogen-bond acceptors (Lipinski definition) is 4. The molecule has 3 atom stereocenters. The second-order valence-electron chi connectivity index (χ2n) is 5.33. The summed E-state index contributed by atoms with van der Waals surface area (Å²) in [4.78, 5) is 11.9. The number of carbonyl (C=O) groups is 1. The summed E-state index contributed by atoms with van der Waals surface area (Å²) in [7, 11) is 0. The van der Waals surface area contributed by atoms with E-state index in [0.29, 0.717) is 18.9 Å². The van der Waals surface area contributed by atoms with Crippen LogP contribution in [0.15, 0.2) is 28.7 Å². The van der Waals surface area contributed by atoms with Crippen LogP contribution in [0.5, 0.6) is 0 Å². The maximum Gasteiger partial charge on any atom is 0.221 e. The van der Waals surface area contributed by atoms with Gasteiger partial charge in [0.2, 0.25) is 5.91 Å². The van der Waals surface area contributed by atoms with Gasteiger partial charge in [0.15, 0.2) is 0 Å². The van der Waals surface area contributed by atoms with Crippen molar-refractivity contribution in [3.8, 4) is 0 Å². The number of amides is 1. The molecule has 0 saturated carbocycles. The Labute approximate surface area is 146 Å². The number of carbonyl (C=O) groups excluding carboxylic acids is 1. The van der Waals surface area contributed by atoms with Crippen LogP contribution in [0.2, 0.25) is 0 Å². The number of benzene rings is 1. The van der Waals surface area contributed by atoms with Crippen molar-refractivity contribution in [2.24, 2.45) is 11.7 Å². The summed E-state index contributed by atoms with van der Waals surface area (Å²) in [5.74, 6) is 0.364. The highest BCUT2D eigenvalue weighted by Crippen LogP contribution is 2.30. The molecule has 0 bridgehead atoms. The molecular weight excluding hydrogens is 368 g/mol. The zero-order valence-corrected chi connectivity index (χ0v) is 15.0. The first-order valence-electron chi connectivity index (χ1n) is 7.41. The molecule has 1 heterocycles. The molecular formula is C15H24BrClN4O. The molecule has 0 aromatic heterocycles. The Morgan fingerprint density at radius 1 is 1.32 bits per heavy atom. The van der Waals surface area contributed by atoms with Gasteiger partial charge < -0.3 is 11.1 Å². The van der Waals surface area contributed by atoms with E-state index < -0.39 is 0 Å². The third kappa shape index (κ3) is 4.93. The summed E-state index contributed by atoms with van der Waals surface area (Å²) >= 11 is 3.45. The Morgan fingerprint density at radius 3 is 2.59 bits per heavy atom. The maximum atomic E-state index is 11.9. The Kier molecular flexibility index (Phi) is 8.35. The monoisotopic (exact) mass is 390 g/mol. The number of hydrazine groups is 1. The van der Waals surface area contributed by atoms with Crippen LogP contribution in [0.3, 0.4) is 0 Å². The summed E-state index contributed by atoms with van der Waals surface area (Å²) in [6.45, 7) is 2.69. The molecule has 0 spiro atoms. The van der Waals surface area contributed by atoms with Crippen LogP contribution < -0.4 is 21.9 Å². The van der Waals surface area contributed by atoms with Crippen LogP contribution in [0, 0.1) is 5.92 Å². The van der Waals surface area contributed by atoms with Crippen molar-refractivity contribution in [3.05, 3.63) is 34.3 Å². The van der Waals surface area contributed by atoms with Crippen LogP contribution in [0.4, 0.5) is 0 Å². The summed E-state index contributed by atoms with van der Waals surface area (Å²) in [6, 6.07) is 8.48.